The van der Waals surface area contributed by atoms with E-state index in [4.69, 9.17) is 5.11 Å². The minimum atomic E-state index is -0.945. The Labute approximate surface area is 118 Å². The maximum Gasteiger partial charge on any atom is 0.335 e. The molecule has 0 saturated carbocycles. The van der Waals surface area contributed by atoms with Crippen LogP contribution in [0.15, 0.2) is 24.3 Å². The second kappa shape index (κ2) is 6.05. The lowest BCUT2D eigenvalue weighted by molar-refractivity contribution is -0.128. The summed E-state index contributed by atoms with van der Waals surface area (Å²) in [5, 5.41) is 15.0. The smallest absolute Gasteiger partial charge is 0.335 e. The number of hydrogen-bond donors (Lipinski definition) is 3. The molecule has 1 heterocycles. The maximum atomic E-state index is 12.2. The number of carboxylic acid groups (broad SMARTS) is 1. The molecule has 0 aliphatic carbocycles. The average molecular weight is 276 g/mol. The molecule has 1 aromatic carbocycles. The molecule has 5 heteroatoms. The quantitative estimate of drug-likeness (QED) is 0.779. The Balaban J connectivity index is 1.91. The van der Waals surface area contributed by atoms with Crippen LogP contribution in [0.3, 0.4) is 0 Å². The Hall–Kier alpha value is -1.88. The topological polar surface area (TPSA) is 78.4 Å². The molecule has 0 aromatic heterocycles. The molecule has 0 bridgehead atoms. The van der Waals surface area contributed by atoms with Gasteiger partial charge in [-0.25, -0.2) is 4.79 Å². The highest BCUT2D eigenvalue weighted by atomic mass is 16.4. The number of carbonyl (C=O) groups is 2. The van der Waals surface area contributed by atoms with E-state index in [1.54, 1.807) is 24.3 Å². The van der Waals surface area contributed by atoms with Gasteiger partial charge in [0.2, 0.25) is 5.91 Å². The molecule has 0 spiro atoms. The first kappa shape index (κ1) is 14.5. The number of carbonyl (C=O) groups excluding carboxylic acids is 1. The molecule has 1 aliphatic heterocycles. The highest BCUT2D eigenvalue weighted by Gasteiger charge is 2.33. The maximum absolute atomic E-state index is 12.2. The van der Waals surface area contributed by atoms with Crippen molar-refractivity contribution in [3.05, 3.63) is 35.4 Å². The van der Waals surface area contributed by atoms with E-state index in [1.165, 1.54) is 0 Å². The van der Waals surface area contributed by atoms with Crippen LogP contribution >= 0.6 is 0 Å². The van der Waals surface area contributed by atoms with Gasteiger partial charge in [0.25, 0.3) is 0 Å². The number of hydrogen-bond acceptors (Lipinski definition) is 3. The van der Waals surface area contributed by atoms with Gasteiger partial charge < -0.3 is 15.7 Å². The summed E-state index contributed by atoms with van der Waals surface area (Å²) in [5.74, 6) is -0.945. The summed E-state index contributed by atoms with van der Waals surface area (Å²) in [7, 11) is 0. The van der Waals surface area contributed by atoms with Gasteiger partial charge in [-0.1, -0.05) is 12.1 Å². The fraction of sp³-hybridized carbons (Fsp3) is 0.467. The van der Waals surface area contributed by atoms with Crippen molar-refractivity contribution in [2.75, 3.05) is 6.54 Å². The van der Waals surface area contributed by atoms with Crippen molar-refractivity contribution in [2.24, 2.45) is 0 Å². The predicted octanol–water partition coefficient (Wildman–Crippen LogP) is 1.53. The minimum absolute atomic E-state index is 0.000453. The van der Waals surface area contributed by atoms with E-state index >= 15 is 0 Å². The zero-order valence-electron chi connectivity index (χ0n) is 11.6. The Bertz CT molecular complexity index is 490. The van der Waals surface area contributed by atoms with Gasteiger partial charge in [0.15, 0.2) is 0 Å². The van der Waals surface area contributed by atoms with Crippen LogP contribution in [0, 0.1) is 0 Å². The van der Waals surface area contributed by atoms with Crippen molar-refractivity contribution >= 4 is 11.9 Å². The Morgan fingerprint density at radius 1 is 1.30 bits per heavy atom. The van der Waals surface area contributed by atoms with E-state index in [1.807, 2.05) is 6.92 Å². The predicted molar refractivity (Wildman–Crippen MR) is 75.5 cm³/mol. The first-order chi connectivity index (χ1) is 9.51. The van der Waals surface area contributed by atoms with E-state index in [0.29, 0.717) is 6.54 Å². The van der Waals surface area contributed by atoms with Crippen molar-refractivity contribution in [3.8, 4) is 0 Å². The molecule has 1 unspecified atom stereocenters. The molecular formula is C15H20N2O3. The Morgan fingerprint density at radius 3 is 2.55 bits per heavy atom. The van der Waals surface area contributed by atoms with E-state index in [0.717, 1.165) is 31.4 Å². The first-order valence-corrected chi connectivity index (χ1v) is 6.87. The number of rotatable bonds is 4. The number of benzene rings is 1. The lowest BCUT2D eigenvalue weighted by atomic mass is 9.90. The Kier molecular flexibility index (Phi) is 4.39. The zero-order valence-corrected chi connectivity index (χ0v) is 11.6. The fourth-order valence-corrected chi connectivity index (χ4v) is 2.39. The van der Waals surface area contributed by atoms with Gasteiger partial charge >= 0.3 is 5.97 Å². The van der Waals surface area contributed by atoms with Crippen LogP contribution < -0.4 is 10.6 Å². The molecule has 2 rings (SSSR count). The van der Waals surface area contributed by atoms with Crippen molar-refractivity contribution in [1.82, 2.24) is 10.6 Å². The van der Waals surface area contributed by atoms with E-state index in [-0.39, 0.29) is 11.5 Å². The molecule has 1 aromatic rings. The second-order valence-electron chi connectivity index (χ2n) is 5.40. The van der Waals surface area contributed by atoms with Gasteiger partial charge in [-0.2, -0.15) is 0 Å². The summed E-state index contributed by atoms with van der Waals surface area (Å²) in [5.41, 5.74) is 0.656. The zero-order chi connectivity index (χ0) is 14.6. The molecule has 3 N–H and O–H groups in total. The standard InChI is InChI=1S/C15H20N2O3/c1-15(8-2-3-9-17-15)14(20)16-10-11-4-6-12(7-5-11)13(18)19/h4-7,17H,2-3,8-10H2,1H3,(H,16,20)(H,18,19). The Morgan fingerprint density at radius 2 is 2.00 bits per heavy atom. The van der Waals surface area contributed by atoms with Crippen LogP contribution in [0.25, 0.3) is 0 Å². The third kappa shape index (κ3) is 3.36. The summed E-state index contributed by atoms with van der Waals surface area (Å²) < 4.78 is 0. The van der Waals surface area contributed by atoms with Crippen molar-refractivity contribution < 1.29 is 14.7 Å². The average Bonchev–Trinajstić information content (AvgIpc) is 2.46. The molecule has 1 fully saturated rings. The molecule has 1 amide bonds. The molecular weight excluding hydrogens is 256 g/mol. The minimum Gasteiger partial charge on any atom is -0.478 e. The monoisotopic (exact) mass is 276 g/mol. The van der Waals surface area contributed by atoms with Crippen LogP contribution in [0.5, 0.6) is 0 Å². The molecule has 1 aliphatic rings. The third-order valence-electron chi connectivity index (χ3n) is 3.77. The van der Waals surface area contributed by atoms with E-state index in [9.17, 15) is 9.59 Å². The molecule has 0 radical (unpaired) electrons. The summed E-state index contributed by atoms with van der Waals surface area (Å²) in [6.45, 7) is 3.21. The normalized spacial score (nSPS) is 22.2. The van der Waals surface area contributed by atoms with Crippen LogP contribution in [0.4, 0.5) is 0 Å². The number of amides is 1. The van der Waals surface area contributed by atoms with Gasteiger partial charge in [-0.3, -0.25) is 4.79 Å². The summed E-state index contributed by atoms with van der Waals surface area (Å²) >= 11 is 0. The number of aromatic carboxylic acids is 1. The van der Waals surface area contributed by atoms with E-state index < -0.39 is 11.5 Å². The van der Waals surface area contributed by atoms with Gasteiger partial charge in [0.05, 0.1) is 11.1 Å². The van der Waals surface area contributed by atoms with Crippen LogP contribution in [0.1, 0.15) is 42.1 Å². The van der Waals surface area contributed by atoms with Crippen molar-refractivity contribution in [1.29, 1.82) is 0 Å². The largest absolute Gasteiger partial charge is 0.478 e. The van der Waals surface area contributed by atoms with Crippen molar-refractivity contribution in [2.45, 2.75) is 38.3 Å². The first-order valence-electron chi connectivity index (χ1n) is 6.87. The number of piperidine rings is 1. The molecule has 5 nitrogen and oxygen atoms in total. The molecule has 1 atom stereocenters. The summed E-state index contributed by atoms with van der Waals surface area (Å²) in [4.78, 5) is 22.9. The number of nitrogens with one attached hydrogen (secondary N) is 2. The third-order valence-corrected chi connectivity index (χ3v) is 3.77. The van der Waals surface area contributed by atoms with Gasteiger partial charge in [0.1, 0.15) is 0 Å². The lowest BCUT2D eigenvalue weighted by Crippen LogP contribution is -2.56. The highest BCUT2D eigenvalue weighted by Crippen LogP contribution is 2.18. The summed E-state index contributed by atoms with van der Waals surface area (Å²) in [6, 6.07) is 6.54. The second-order valence-corrected chi connectivity index (χ2v) is 5.40. The van der Waals surface area contributed by atoms with Gasteiger partial charge in [-0.15, -0.1) is 0 Å². The van der Waals surface area contributed by atoms with Crippen LogP contribution in [-0.2, 0) is 11.3 Å². The molecule has 20 heavy (non-hydrogen) atoms. The van der Waals surface area contributed by atoms with Crippen LogP contribution in [-0.4, -0.2) is 29.1 Å². The van der Waals surface area contributed by atoms with E-state index in [2.05, 4.69) is 10.6 Å². The molecule has 108 valence electrons. The lowest BCUT2D eigenvalue weighted by Gasteiger charge is -2.33. The van der Waals surface area contributed by atoms with Crippen molar-refractivity contribution in [3.63, 3.8) is 0 Å². The van der Waals surface area contributed by atoms with Crippen LogP contribution in [0.2, 0.25) is 0 Å². The fourth-order valence-electron chi connectivity index (χ4n) is 2.39. The summed E-state index contributed by atoms with van der Waals surface area (Å²) in [6.07, 6.45) is 3.01. The molecule has 1 saturated heterocycles. The SMILES string of the molecule is CC1(C(=O)NCc2ccc(C(=O)O)cc2)CCCCN1. The van der Waals surface area contributed by atoms with Gasteiger partial charge in [0, 0.05) is 6.54 Å². The number of carboxylic acids is 1. The highest BCUT2D eigenvalue weighted by molar-refractivity contribution is 5.87. The van der Waals surface area contributed by atoms with Gasteiger partial charge in [-0.05, 0) is 50.4 Å².